The molecule has 0 spiro atoms. The van der Waals surface area contributed by atoms with Crippen molar-refractivity contribution in [3.05, 3.63) is 84.5 Å². The molecule has 1 aromatic heterocycles. The maximum atomic E-state index is 13.5. The molecule has 0 saturated carbocycles. The van der Waals surface area contributed by atoms with E-state index in [0.717, 1.165) is 0 Å². The van der Waals surface area contributed by atoms with E-state index in [2.05, 4.69) is 4.99 Å². The van der Waals surface area contributed by atoms with Crippen molar-refractivity contribution in [2.75, 3.05) is 14.2 Å². The number of ketones is 1. The molecule has 0 saturated heterocycles. The highest BCUT2D eigenvalue weighted by molar-refractivity contribution is 7.07. The molecule has 0 aliphatic carbocycles. The van der Waals surface area contributed by atoms with Crippen LogP contribution in [0.15, 0.2) is 63.5 Å². The summed E-state index contributed by atoms with van der Waals surface area (Å²) in [6, 6.07) is 11.6. The molecular formula is C24H22N2O5S. The molecule has 4 rings (SSSR count). The summed E-state index contributed by atoms with van der Waals surface area (Å²) in [5.41, 5.74) is 2.19. The third-order valence-electron chi connectivity index (χ3n) is 5.34. The summed E-state index contributed by atoms with van der Waals surface area (Å²) in [4.78, 5) is 31.2. The van der Waals surface area contributed by atoms with E-state index in [1.54, 1.807) is 42.9 Å². The molecule has 32 heavy (non-hydrogen) atoms. The lowest BCUT2D eigenvalue weighted by atomic mass is 9.93. The van der Waals surface area contributed by atoms with Gasteiger partial charge >= 0.3 is 0 Å². The zero-order chi connectivity index (χ0) is 23.0. The third-order valence-corrected chi connectivity index (χ3v) is 6.32. The fourth-order valence-electron chi connectivity index (χ4n) is 3.89. The van der Waals surface area contributed by atoms with Gasteiger partial charge in [0.15, 0.2) is 22.1 Å². The van der Waals surface area contributed by atoms with Crippen LogP contribution in [0.4, 0.5) is 0 Å². The van der Waals surface area contributed by atoms with Crippen LogP contribution in [-0.4, -0.2) is 29.7 Å². The first kappa shape index (κ1) is 21.6. The Morgan fingerprint density at radius 2 is 1.88 bits per heavy atom. The van der Waals surface area contributed by atoms with Gasteiger partial charge in [0.05, 0.1) is 24.8 Å². The molecule has 0 fully saturated rings. The van der Waals surface area contributed by atoms with E-state index < -0.39 is 6.04 Å². The van der Waals surface area contributed by atoms with Crippen molar-refractivity contribution in [3.63, 3.8) is 0 Å². The number of phenols is 1. The predicted octanol–water partition coefficient (Wildman–Crippen LogP) is 2.55. The van der Waals surface area contributed by atoms with Gasteiger partial charge < -0.3 is 14.6 Å². The molecule has 1 unspecified atom stereocenters. The van der Waals surface area contributed by atoms with Crippen LogP contribution < -0.4 is 24.4 Å². The highest BCUT2D eigenvalue weighted by Crippen LogP contribution is 2.35. The fraction of sp³-hybridized carbons (Fsp3) is 0.208. The van der Waals surface area contributed by atoms with E-state index >= 15 is 0 Å². The van der Waals surface area contributed by atoms with E-state index in [0.29, 0.717) is 43.2 Å². The Labute approximate surface area is 188 Å². The molecule has 3 aromatic rings. The number of hydrogen-bond acceptors (Lipinski definition) is 7. The van der Waals surface area contributed by atoms with E-state index in [-0.39, 0.29) is 17.1 Å². The average Bonchev–Trinajstić information content (AvgIpc) is 3.08. The van der Waals surface area contributed by atoms with Crippen LogP contribution in [0.2, 0.25) is 0 Å². The van der Waals surface area contributed by atoms with Gasteiger partial charge in [0.25, 0.3) is 5.56 Å². The normalized spacial score (nSPS) is 15.9. The number of aromatic nitrogens is 1. The molecule has 8 heteroatoms. The standard InChI is InChI=1S/C24H22N2O5S/c1-13-21(14(2)27)22(16-7-5-6-8-18(16)30-3)26-23(29)20(32-24(26)25-13)12-15-9-10-17(28)19(11-15)31-4/h5-12,22,28H,1-4H3/b20-12+. The van der Waals surface area contributed by atoms with Gasteiger partial charge in [-0.25, -0.2) is 4.99 Å². The molecule has 164 valence electrons. The van der Waals surface area contributed by atoms with Crippen LogP contribution in [0.5, 0.6) is 17.2 Å². The minimum absolute atomic E-state index is 0.0176. The number of fused-ring (bicyclic) bond motifs is 1. The summed E-state index contributed by atoms with van der Waals surface area (Å²) in [7, 11) is 3.02. The molecule has 0 radical (unpaired) electrons. The fourth-order valence-corrected chi connectivity index (χ4v) is 4.94. The number of hydrogen-bond donors (Lipinski definition) is 1. The number of nitrogens with zero attached hydrogens (tertiary/aromatic N) is 2. The van der Waals surface area contributed by atoms with Gasteiger partial charge in [-0.1, -0.05) is 35.6 Å². The Morgan fingerprint density at radius 3 is 2.56 bits per heavy atom. The number of ether oxygens (including phenoxy) is 2. The van der Waals surface area contributed by atoms with Crippen LogP contribution in [-0.2, 0) is 4.79 Å². The number of carbonyl (C=O) groups excluding carboxylic acids is 1. The molecule has 0 bridgehead atoms. The Balaban J connectivity index is 1.99. The lowest BCUT2D eigenvalue weighted by Gasteiger charge is -2.25. The molecular weight excluding hydrogens is 428 g/mol. The highest BCUT2D eigenvalue weighted by Gasteiger charge is 2.32. The zero-order valence-electron chi connectivity index (χ0n) is 18.1. The first-order chi connectivity index (χ1) is 15.3. The van der Waals surface area contributed by atoms with E-state index in [1.807, 2.05) is 18.2 Å². The van der Waals surface area contributed by atoms with Gasteiger partial charge in [0, 0.05) is 16.8 Å². The van der Waals surface area contributed by atoms with Crippen molar-refractivity contribution in [1.29, 1.82) is 0 Å². The van der Waals surface area contributed by atoms with Crippen LogP contribution in [0.25, 0.3) is 6.08 Å². The quantitative estimate of drug-likeness (QED) is 0.645. The van der Waals surface area contributed by atoms with Crippen molar-refractivity contribution >= 4 is 23.2 Å². The third kappa shape index (κ3) is 3.62. The Bertz CT molecular complexity index is 1430. The highest BCUT2D eigenvalue weighted by atomic mass is 32.1. The minimum Gasteiger partial charge on any atom is -0.504 e. The minimum atomic E-state index is -0.642. The number of aromatic hydroxyl groups is 1. The number of methoxy groups -OCH3 is 2. The van der Waals surface area contributed by atoms with Crippen LogP contribution >= 0.6 is 11.3 Å². The van der Waals surface area contributed by atoms with Crippen molar-refractivity contribution < 1.29 is 19.4 Å². The summed E-state index contributed by atoms with van der Waals surface area (Å²) < 4.78 is 12.7. The maximum Gasteiger partial charge on any atom is 0.271 e. The summed E-state index contributed by atoms with van der Waals surface area (Å²) in [5.74, 6) is 0.764. The monoisotopic (exact) mass is 450 g/mol. The molecule has 2 aromatic carbocycles. The number of para-hydroxylation sites is 1. The van der Waals surface area contributed by atoms with E-state index in [1.165, 1.54) is 31.4 Å². The predicted molar refractivity (Wildman–Crippen MR) is 122 cm³/mol. The summed E-state index contributed by atoms with van der Waals surface area (Å²) in [6.45, 7) is 3.26. The summed E-state index contributed by atoms with van der Waals surface area (Å²) in [6.07, 6.45) is 1.72. The lowest BCUT2D eigenvalue weighted by Crippen LogP contribution is -2.39. The molecule has 1 atom stereocenters. The molecule has 1 aliphatic rings. The Morgan fingerprint density at radius 1 is 1.16 bits per heavy atom. The second kappa shape index (κ2) is 8.47. The maximum absolute atomic E-state index is 13.5. The van der Waals surface area contributed by atoms with Gasteiger partial charge in [-0.05, 0) is 43.7 Å². The number of thiazole rings is 1. The van der Waals surface area contributed by atoms with Crippen LogP contribution in [0.1, 0.15) is 31.0 Å². The number of rotatable bonds is 5. The van der Waals surface area contributed by atoms with Crippen LogP contribution in [0, 0.1) is 0 Å². The Hall–Kier alpha value is -3.65. The van der Waals surface area contributed by atoms with Crippen LogP contribution in [0.3, 0.4) is 0 Å². The number of benzene rings is 2. The first-order valence-electron chi connectivity index (χ1n) is 9.89. The lowest BCUT2D eigenvalue weighted by molar-refractivity contribution is -0.114. The average molecular weight is 451 g/mol. The number of phenolic OH excluding ortho intramolecular Hbond substituents is 1. The van der Waals surface area contributed by atoms with Gasteiger partial charge in [-0.2, -0.15) is 0 Å². The van der Waals surface area contributed by atoms with Gasteiger partial charge in [0.2, 0.25) is 0 Å². The molecule has 1 aliphatic heterocycles. The van der Waals surface area contributed by atoms with Crippen molar-refractivity contribution in [1.82, 2.24) is 4.57 Å². The molecule has 7 nitrogen and oxygen atoms in total. The number of allylic oxidation sites excluding steroid dienone is 2. The van der Waals surface area contributed by atoms with Gasteiger partial charge in [-0.3, -0.25) is 14.2 Å². The molecule has 2 heterocycles. The molecule has 0 amide bonds. The van der Waals surface area contributed by atoms with E-state index in [4.69, 9.17) is 9.47 Å². The van der Waals surface area contributed by atoms with E-state index in [9.17, 15) is 14.7 Å². The van der Waals surface area contributed by atoms with Crippen molar-refractivity contribution in [3.8, 4) is 17.2 Å². The smallest absolute Gasteiger partial charge is 0.271 e. The zero-order valence-corrected chi connectivity index (χ0v) is 18.9. The summed E-state index contributed by atoms with van der Waals surface area (Å²) >= 11 is 1.24. The summed E-state index contributed by atoms with van der Waals surface area (Å²) in [5, 5.41) is 9.84. The molecule has 1 N–H and O–H groups in total. The largest absolute Gasteiger partial charge is 0.504 e. The SMILES string of the molecule is COc1cc(/C=c2/sc3n(c2=O)C(c2ccccc2OC)C(C(C)=O)=C(C)N=3)ccc1O. The van der Waals surface area contributed by atoms with Crippen molar-refractivity contribution in [2.45, 2.75) is 19.9 Å². The van der Waals surface area contributed by atoms with Gasteiger partial charge in [0.1, 0.15) is 5.75 Å². The first-order valence-corrected chi connectivity index (χ1v) is 10.7. The number of Topliss-reactive ketones (excluding diaryl/α,β-unsaturated/α-hetero) is 1. The topological polar surface area (TPSA) is 90.1 Å². The second-order valence-electron chi connectivity index (χ2n) is 7.31. The number of carbonyl (C=O) groups is 1. The van der Waals surface area contributed by atoms with Crippen molar-refractivity contribution in [2.24, 2.45) is 4.99 Å². The second-order valence-corrected chi connectivity index (χ2v) is 8.32. The van der Waals surface area contributed by atoms with Gasteiger partial charge in [-0.15, -0.1) is 0 Å². The Kier molecular flexibility index (Phi) is 5.71.